The Morgan fingerprint density at radius 2 is 2.23 bits per heavy atom. The lowest BCUT2D eigenvalue weighted by molar-refractivity contribution is 0.000336. The molecule has 2 heterocycles. The summed E-state index contributed by atoms with van der Waals surface area (Å²) in [7, 11) is 0. The molecule has 1 aliphatic heterocycles. The van der Waals surface area contributed by atoms with Gasteiger partial charge in [0.15, 0.2) is 0 Å². The van der Waals surface area contributed by atoms with Gasteiger partial charge in [-0.1, -0.05) is 6.07 Å². The van der Waals surface area contributed by atoms with E-state index >= 15 is 0 Å². The minimum Gasteiger partial charge on any atom is -0.388 e. The number of likely N-dealkylation sites (tertiary alicyclic amines) is 1. The molecule has 116 valence electrons. The number of rotatable bonds is 3. The molecule has 1 saturated heterocycles. The van der Waals surface area contributed by atoms with E-state index in [9.17, 15) is 9.90 Å². The van der Waals surface area contributed by atoms with Crippen LogP contribution in [0.3, 0.4) is 0 Å². The first-order valence-electron chi connectivity index (χ1n) is 7.45. The molecule has 1 N–H and O–H groups in total. The molecule has 0 aliphatic carbocycles. The average Bonchev–Trinajstić information content (AvgIpc) is 3.17. The molecule has 1 amide bonds. The summed E-state index contributed by atoms with van der Waals surface area (Å²) in [5.41, 5.74) is 0.502. The first kappa shape index (κ1) is 14.7. The fourth-order valence-corrected chi connectivity index (χ4v) is 3.03. The van der Waals surface area contributed by atoms with Gasteiger partial charge in [-0.2, -0.15) is 5.10 Å². The predicted octanol–water partition coefficient (Wildman–Crippen LogP) is 1.64. The molecule has 0 saturated carbocycles. The smallest absolute Gasteiger partial charge is 0.254 e. The van der Waals surface area contributed by atoms with Crippen molar-refractivity contribution in [1.29, 1.82) is 0 Å². The highest BCUT2D eigenvalue weighted by molar-refractivity contribution is 5.95. The van der Waals surface area contributed by atoms with Crippen LogP contribution in [0.2, 0.25) is 0 Å². The van der Waals surface area contributed by atoms with Gasteiger partial charge in [-0.25, -0.2) is 9.67 Å². The molecule has 2 aromatic rings. The average molecular weight is 300 g/mol. The van der Waals surface area contributed by atoms with Crippen molar-refractivity contribution in [3.05, 3.63) is 42.5 Å². The molecule has 0 radical (unpaired) electrons. The van der Waals surface area contributed by atoms with Crippen molar-refractivity contribution in [2.45, 2.75) is 38.3 Å². The molecule has 1 aromatic carbocycles. The number of aromatic nitrogens is 3. The summed E-state index contributed by atoms with van der Waals surface area (Å²) in [5.74, 6) is -0.0495. The Morgan fingerprint density at radius 3 is 2.91 bits per heavy atom. The molecule has 1 aliphatic rings. The number of nitrogens with zero attached hydrogens (tertiary/aromatic N) is 4. The second kappa shape index (κ2) is 5.53. The van der Waals surface area contributed by atoms with E-state index in [0.29, 0.717) is 12.1 Å². The molecule has 1 unspecified atom stereocenters. The number of hydrogen-bond acceptors (Lipinski definition) is 4. The van der Waals surface area contributed by atoms with E-state index in [1.807, 2.05) is 12.1 Å². The molecule has 1 atom stereocenters. The lowest BCUT2D eigenvalue weighted by atomic mass is 9.96. The summed E-state index contributed by atoms with van der Waals surface area (Å²) < 4.78 is 1.62. The maximum atomic E-state index is 12.8. The molecular weight excluding hydrogens is 280 g/mol. The van der Waals surface area contributed by atoms with Gasteiger partial charge in [0.1, 0.15) is 12.7 Å². The summed E-state index contributed by atoms with van der Waals surface area (Å²) in [4.78, 5) is 18.5. The number of aliphatic hydroxyl groups is 1. The Labute approximate surface area is 129 Å². The van der Waals surface area contributed by atoms with Crippen LogP contribution < -0.4 is 0 Å². The lowest BCUT2D eigenvalue weighted by Gasteiger charge is -2.33. The van der Waals surface area contributed by atoms with Gasteiger partial charge in [-0.15, -0.1) is 0 Å². The Hall–Kier alpha value is -2.21. The third-order valence-corrected chi connectivity index (χ3v) is 4.11. The first-order valence-corrected chi connectivity index (χ1v) is 7.45. The van der Waals surface area contributed by atoms with Gasteiger partial charge in [-0.3, -0.25) is 4.79 Å². The van der Waals surface area contributed by atoms with Crippen molar-refractivity contribution in [3.8, 4) is 5.69 Å². The van der Waals surface area contributed by atoms with Crippen LogP contribution in [0.5, 0.6) is 0 Å². The molecule has 6 nitrogen and oxygen atoms in total. The minimum absolute atomic E-state index is 0.0495. The zero-order valence-electron chi connectivity index (χ0n) is 12.8. The molecule has 3 rings (SSSR count). The Bertz CT molecular complexity index is 661. The third-order valence-electron chi connectivity index (χ3n) is 4.11. The SMILES string of the molecule is CC(C)(O)C1CCCN1C(=O)c1cccc(-n2cncn2)c1. The highest BCUT2D eigenvalue weighted by Gasteiger charge is 2.38. The fourth-order valence-electron chi connectivity index (χ4n) is 3.03. The van der Waals surface area contributed by atoms with Gasteiger partial charge in [0.05, 0.1) is 17.3 Å². The standard InChI is InChI=1S/C16H20N4O2/c1-16(2,22)14-7-4-8-19(14)15(21)12-5-3-6-13(9-12)20-11-17-10-18-20/h3,5-6,9-11,14,22H,4,7-8H2,1-2H3. The van der Waals surface area contributed by atoms with Crippen LogP contribution in [0, 0.1) is 0 Å². The predicted molar refractivity (Wildman–Crippen MR) is 81.7 cm³/mol. The van der Waals surface area contributed by atoms with Crippen LogP contribution >= 0.6 is 0 Å². The van der Waals surface area contributed by atoms with E-state index in [4.69, 9.17) is 0 Å². The van der Waals surface area contributed by atoms with Gasteiger partial charge in [0.25, 0.3) is 5.91 Å². The lowest BCUT2D eigenvalue weighted by Crippen LogP contribution is -2.48. The number of amides is 1. The van der Waals surface area contributed by atoms with Gasteiger partial charge >= 0.3 is 0 Å². The maximum Gasteiger partial charge on any atom is 0.254 e. The minimum atomic E-state index is -0.893. The van der Waals surface area contributed by atoms with Crippen LogP contribution in [0.1, 0.15) is 37.0 Å². The summed E-state index contributed by atoms with van der Waals surface area (Å²) in [6, 6.07) is 7.16. The normalized spacial score (nSPS) is 18.7. The van der Waals surface area contributed by atoms with Crippen LogP contribution in [-0.2, 0) is 0 Å². The highest BCUT2D eigenvalue weighted by atomic mass is 16.3. The third kappa shape index (κ3) is 2.74. The Balaban J connectivity index is 1.88. The van der Waals surface area contributed by atoms with Crippen molar-refractivity contribution in [1.82, 2.24) is 19.7 Å². The van der Waals surface area contributed by atoms with E-state index in [-0.39, 0.29) is 11.9 Å². The largest absolute Gasteiger partial charge is 0.388 e. The number of benzene rings is 1. The summed E-state index contributed by atoms with van der Waals surface area (Å²) in [6.07, 6.45) is 4.81. The van der Waals surface area contributed by atoms with Crippen LogP contribution in [-0.4, -0.2) is 48.9 Å². The van der Waals surface area contributed by atoms with Gasteiger partial charge in [0.2, 0.25) is 0 Å². The van der Waals surface area contributed by atoms with Gasteiger partial charge < -0.3 is 10.0 Å². The maximum absolute atomic E-state index is 12.8. The molecule has 6 heteroatoms. The van der Waals surface area contributed by atoms with Crippen molar-refractivity contribution < 1.29 is 9.90 Å². The fraction of sp³-hybridized carbons (Fsp3) is 0.438. The molecular formula is C16H20N4O2. The first-order chi connectivity index (χ1) is 10.5. The van der Waals surface area contributed by atoms with E-state index in [0.717, 1.165) is 18.5 Å². The number of hydrogen-bond donors (Lipinski definition) is 1. The zero-order chi connectivity index (χ0) is 15.7. The van der Waals surface area contributed by atoms with Crippen LogP contribution in [0.15, 0.2) is 36.9 Å². The van der Waals surface area contributed by atoms with Crippen molar-refractivity contribution >= 4 is 5.91 Å². The van der Waals surface area contributed by atoms with Gasteiger partial charge in [-0.05, 0) is 44.9 Å². The molecule has 1 fully saturated rings. The Morgan fingerprint density at radius 1 is 1.41 bits per heavy atom. The number of carbonyl (C=O) groups excluding carboxylic acids is 1. The van der Waals surface area contributed by atoms with E-state index in [2.05, 4.69) is 10.1 Å². The van der Waals surface area contributed by atoms with E-state index in [1.54, 1.807) is 41.9 Å². The van der Waals surface area contributed by atoms with Crippen molar-refractivity contribution in [2.75, 3.05) is 6.54 Å². The zero-order valence-corrected chi connectivity index (χ0v) is 12.8. The molecule has 0 bridgehead atoms. The number of carbonyl (C=O) groups is 1. The summed E-state index contributed by atoms with van der Waals surface area (Å²) in [6.45, 7) is 4.20. The van der Waals surface area contributed by atoms with Crippen LogP contribution in [0.4, 0.5) is 0 Å². The van der Waals surface area contributed by atoms with Crippen LogP contribution in [0.25, 0.3) is 5.69 Å². The molecule has 1 aromatic heterocycles. The van der Waals surface area contributed by atoms with Gasteiger partial charge in [0, 0.05) is 12.1 Å². The van der Waals surface area contributed by atoms with Crippen molar-refractivity contribution in [3.63, 3.8) is 0 Å². The second-order valence-corrected chi connectivity index (χ2v) is 6.20. The quantitative estimate of drug-likeness (QED) is 0.935. The summed E-state index contributed by atoms with van der Waals surface area (Å²) >= 11 is 0. The van der Waals surface area contributed by atoms with Crippen molar-refractivity contribution in [2.24, 2.45) is 0 Å². The van der Waals surface area contributed by atoms with E-state index in [1.165, 1.54) is 6.33 Å². The Kier molecular flexibility index (Phi) is 3.70. The summed E-state index contributed by atoms with van der Waals surface area (Å²) in [5, 5.41) is 14.4. The monoisotopic (exact) mass is 300 g/mol. The topological polar surface area (TPSA) is 71.2 Å². The second-order valence-electron chi connectivity index (χ2n) is 6.20. The highest BCUT2D eigenvalue weighted by Crippen LogP contribution is 2.28. The molecule has 0 spiro atoms. The molecule has 22 heavy (non-hydrogen) atoms. The van der Waals surface area contributed by atoms with E-state index < -0.39 is 5.60 Å².